The van der Waals surface area contributed by atoms with Crippen molar-refractivity contribution in [2.75, 3.05) is 4.90 Å². The van der Waals surface area contributed by atoms with Crippen LogP contribution < -0.4 is 4.90 Å². The quantitative estimate of drug-likeness (QED) is 0.725. The highest BCUT2D eigenvalue weighted by molar-refractivity contribution is 5.94. The minimum atomic E-state index is -1.04. The zero-order valence-corrected chi connectivity index (χ0v) is 8.56. The summed E-state index contributed by atoms with van der Waals surface area (Å²) >= 11 is 0. The molecule has 84 valence electrons. The van der Waals surface area contributed by atoms with Crippen LogP contribution in [0.25, 0.3) is 0 Å². The molecule has 1 aromatic heterocycles. The van der Waals surface area contributed by atoms with Gasteiger partial charge in [-0.3, -0.25) is 4.90 Å². The third kappa shape index (κ3) is 1.44. The van der Waals surface area contributed by atoms with Crippen molar-refractivity contribution in [3.8, 4) is 0 Å². The standard InChI is InChI=1S/C10H7N5O2/c16-10(17)14-3-4-15-7(6-14)5-11-9-8(15)1-2-12-13-9/h1-6H,(H,16,17). The zero-order valence-electron chi connectivity index (χ0n) is 8.56. The van der Waals surface area contributed by atoms with E-state index in [1.807, 2.05) is 0 Å². The summed E-state index contributed by atoms with van der Waals surface area (Å²) in [5.74, 6) is 0.512. The topological polar surface area (TPSA) is 81.9 Å². The summed E-state index contributed by atoms with van der Waals surface area (Å²) in [6.45, 7) is 0. The van der Waals surface area contributed by atoms with E-state index < -0.39 is 6.09 Å². The Morgan fingerprint density at radius 3 is 3.06 bits per heavy atom. The molecule has 0 unspecified atom stereocenters. The van der Waals surface area contributed by atoms with E-state index in [1.165, 1.54) is 12.4 Å². The van der Waals surface area contributed by atoms with Crippen molar-refractivity contribution in [1.82, 2.24) is 15.1 Å². The molecule has 2 aliphatic heterocycles. The van der Waals surface area contributed by atoms with Crippen molar-refractivity contribution in [2.24, 2.45) is 4.99 Å². The number of allylic oxidation sites excluding steroid dienone is 1. The largest absolute Gasteiger partial charge is 0.464 e. The monoisotopic (exact) mass is 229 g/mol. The maximum atomic E-state index is 10.8. The summed E-state index contributed by atoms with van der Waals surface area (Å²) in [7, 11) is 0. The Hall–Kier alpha value is -2.70. The first kappa shape index (κ1) is 9.52. The lowest BCUT2D eigenvalue weighted by Crippen LogP contribution is -2.29. The van der Waals surface area contributed by atoms with Crippen LogP contribution in [0.3, 0.4) is 0 Å². The number of carbonyl (C=O) groups is 1. The van der Waals surface area contributed by atoms with Gasteiger partial charge in [-0.1, -0.05) is 0 Å². The minimum Gasteiger partial charge on any atom is -0.464 e. The number of nitrogens with zero attached hydrogens (tertiary/aromatic N) is 5. The van der Waals surface area contributed by atoms with Gasteiger partial charge < -0.3 is 10.0 Å². The fraction of sp³-hybridized carbons (Fsp3) is 0. The molecule has 1 N–H and O–H groups in total. The van der Waals surface area contributed by atoms with Gasteiger partial charge in [0, 0.05) is 18.6 Å². The van der Waals surface area contributed by atoms with Gasteiger partial charge in [-0.15, -0.1) is 5.10 Å². The van der Waals surface area contributed by atoms with Crippen LogP contribution >= 0.6 is 0 Å². The van der Waals surface area contributed by atoms with E-state index in [0.717, 1.165) is 10.6 Å². The van der Waals surface area contributed by atoms with Crippen LogP contribution in [0, 0.1) is 0 Å². The van der Waals surface area contributed by atoms with E-state index in [0.29, 0.717) is 11.5 Å². The predicted molar refractivity (Wildman–Crippen MR) is 59.7 cm³/mol. The fourth-order valence-electron chi connectivity index (χ4n) is 1.63. The highest BCUT2D eigenvalue weighted by Gasteiger charge is 2.22. The number of hydrogen-bond donors (Lipinski definition) is 1. The molecule has 3 rings (SSSR count). The average molecular weight is 229 g/mol. The number of carboxylic acid groups (broad SMARTS) is 1. The zero-order chi connectivity index (χ0) is 11.8. The summed E-state index contributed by atoms with van der Waals surface area (Å²) < 4.78 is 0. The lowest BCUT2D eigenvalue weighted by atomic mass is 10.2. The normalized spacial score (nSPS) is 16.4. The van der Waals surface area contributed by atoms with Crippen molar-refractivity contribution in [2.45, 2.75) is 0 Å². The highest BCUT2D eigenvalue weighted by atomic mass is 16.4. The van der Waals surface area contributed by atoms with Gasteiger partial charge in [-0.2, -0.15) is 5.10 Å². The molecule has 0 bridgehead atoms. The number of amides is 1. The van der Waals surface area contributed by atoms with Crippen LogP contribution in [0.5, 0.6) is 0 Å². The second kappa shape index (κ2) is 3.41. The first-order valence-electron chi connectivity index (χ1n) is 4.82. The molecule has 7 heteroatoms. The maximum Gasteiger partial charge on any atom is 0.415 e. The smallest absolute Gasteiger partial charge is 0.415 e. The molecule has 0 radical (unpaired) electrons. The van der Waals surface area contributed by atoms with Crippen LogP contribution in [0.4, 0.5) is 16.3 Å². The molecule has 0 fully saturated rings. The minimum absolute atomic E-state index is 0.512. The van der Waals surface area contributed by atoms with Crippen molar-refractivity contribution >= 4 is 23.8 Å². The Morgan fingerprint density at radius 1 is 1.35 bits per heavy atom. The molecular weight excluding hydrogens is 222 g/mol. The van der Waals surface area contributed by atoms with E-state index in [1.54, 1.807) is 29.6 Å². The predicted octanol–water partition coefficient (Wildman–Crippen LogP) is 1.31. The van der Waals surface area contributed by atoms with Crippen LogP contribution in [0.2, 0.25) is 0 Å². The van der Waals surface area contributed by atoms with Crippen LogP contribution in [0.15, 0.2) is 41.6 Å². The Morgan fingerprint density at radius 2 is 2.24 bits per heavy atom. The number of hydrogen-bond acceptors (Lipinski definition) is 5. The maximum absolute atomic E-state index is 10.8. The molecule has 2 aliphatic rings. The molecular formula is C10H7N5O2. The molecule has 17 heavy (non-hydrogen) atoms. The van der Waals surface area contributed by atoms with Gasteiger partial charge in [-0.25, -0.2) is 9.79 Å². The third-order valence-electron chi connectivity index (χ3n) is 2.41. The molecule has 1 amide bonds. The van der Waals surface area contributed by atoms with Gasteiger partial charge in [0.05, 0.1) is 23.8 Å². The molecule has 0 aliphatic carbocycles. The number of fused-ring (bicyclic) bond motifs is 3. The number of aromatic nitrogens is 2. The van der Waals surface area contributed by atoms with Gasteiger partial charge in [0.2, 0.25) is 0 Å². The van der Waals surface area contributed by atoms with Crippen molar-refractivity contribution in [3.05, 3.63) is 36.6 Å². The number of rotatable bonds is 0. The Bertz CT molecular complexity index is 578. The lowest BCUT2D eigenvalue weighted by molar-refractivity contribution is 0.175. The molecule has 0 saturated heterocycles. The Kier molecular flexibility index (Phi) is 1.91. The van der Waals surface area contributed by atoms with Gasteiger partial charge in [0.25, 0.3) is 0 Å². The van der Waals surface area contributed by atoms with Gasteiger partial charge in [0.15, 0.2) is 5.82 Å². The van der Waals surface area contributed by atoms with Gasteiger partial charge in [0.1, 0.15) is 0 Å². The summed E-state index contributed by atoms with van der Waals surface area (Å²) in [6, 6.07) is 1.77. The first-order valence-corrected chi connectivity index (χ1v) is 4.82. The number of aliphatic imine (C=N–C) groups is 1. The molecule has 0 spiro atoms. The van der Waals surface area contributed by atoms with E-state index in [-0.39, 0.29) is 0 Å². The SMILES string of the molecule is O=C(O)N1C=CN2C(=C1)C=Nc1nnccc12. The van der Waals surface area contributed by atoms with E-state index in [4.69, 9.17) is 5.11 Å². The van der Waals surface area contributed by atoms with Crippen LogP contribution in [-0.2, 0) is 0 Å². The Labute approximate surface area is 96.0 Å². The molecule has 0 saturated carbocycles. The first-order chi connectivity index (χ1) is 8.25. The molecule has 0 atom stereocenters. The van der Waals surface area contributed by atoms with E-state index in [9.17, 15) is 4.79 Å². The lowest BCUT2D eigenvalue weighted by Gasteiger charge is -2.29. The molecule has 7 nitrogen and oxygen atoms in total. The van der Waals surface area contributed by atoms with Crippen LogP contribution in [-0.4, -0.2) is 32.5 Å². The van der Waals surface area contributed by atoms with Gasteiger partial charge >= 0.3 is 6.09 Å². The van der Waals surface area contributed by atoms with E-state index >= 15 is 0 Å². The Balaban J connectivity index is 2.06. The average Bonchev–Trinajstić information content (AvgIpc) is 2.38. The molecule has 1 aromatic rings. The summed E-state index contributed by atoms with van der Waals surface area (Å²) in [5.41, 5.74) is 1.44. The molecule has 3 heterocycles. The van der Waals surface area contributed by atoms with E-state index in [2.05, 4.69) is 15.2 Å². The number of anilines is 1. The van der Waals surface area contributed by atoms with Crippen LogP contribution in [0.1, 0.15) is 0 Å². The second-order valence-corrected chi connectivity index (χ2v) is 3.41. The summed E-state index contributed by atoms with van der Waals surface area (Å²) in [4.78, 5) is 17.8. The summed E-state index contributed by atoms with van der Waals surface area (Å²) in [5, 5.41) is 16.5. The van der Waals surface area contributed by atoms with Crippen molar-refractivity contribution in [3.63, 3.8) is 0 Å². The highest BCUT2D eigenvalue weighted by Crippen LogP contribution is 2.33. The van der Waals surface area contributed by atoms with Crippen molar-refractivity contribution < 1.29 is 9.90 Å². The fourth-order valence-corrected chi connectivity index (χ4v) is 1.63. The second-order valence-electron chi connectivity index (χ2n) is 3.41. The van der Waals surface area contributed by atoms with Gasteiger partial charge in [-0.05, 0) is 6.07 Å². The molecule has 0 aromatic carbocycles. The van der Waals surface area contributed by atoms with Crippen molar-refractivity contribution in [1.29, 1.82) is 0 Å². The summed E-state index contributed by atoms with van der Waals surface area (Å²) in [6.07, 6.45) is 6.66. The third-order valence-corrected chi connectivity index (χ3v) is 2.41.